The normalized spacial score (nSPS) is 11.5. The lowest BCUT2D eigenvalue weighted by Gasteiger charge is -2.21. The number of nitrogens with zero attached hydrogens (tertiary/aromatic N) is 3. The van der Waals surface area contributed by atoms with Crippen LogP contribution in [0.4, 0.5) is 10.1 Å². The summed E-state index contributed by atoms with van der Waals surface area (Å²) in [4.78, 5) is 5.95. The van der Waals surface area contributed by atoms with Crippen LogP contribution in [0.15, 0.2) is 66.1 Å². The number of pyridine rings is 1. The van der Waals surface area contributed by atoms with Gasteiger partial charge >= 0.3 is 0 Å². The lowest BCUT2D eigenvalue weighted by molar-refractivity contribution is 0.587. The number of aryl methyl sites for hydroxylation is 1. The fraction of sp³-hybridized carbons (Fsp3) is 0.167. The number of hydrogen-bond donors (Lipinski definition) is 0. The van der Waals surface area contributed by atoms with Crippen LogP contribution in [0.5, 0.6) is 0 Å². The summed E-state index contributed by atoms with van der Waals surface area (Å²) >= 11 is 0. The molecule has 0 bridgehead atoms. The Hall–Kier alpha value is -2.67. The Bertz CT molecular complexity index is 985. The Balaban J connectivity index is 1.82. The molecule has 0 aliphatic carbocycles. The molecule has 0 N–H and O–H groups in total. The minimum absolute atomic E-state index is 0.139. The van der Waals surface area contributed by atoms with Gasteiger partial charge in [-0.05, 0) is 54.4 Å². The van der Waals surface area contributed by atoms with Crippen molar-refractivity contribution in [2.75, 3.05) is 11.9 Å². The van der Waals surface area contributed by atoms with Crippen molar-refractivity contribution in [3.8, 4) is 0 Å². The molecule has 0 saturated heterocycles. The molecule has 0 aliphatic rings. The van der Waals surface area contributed by atoms with E-state index >= 15 is 0 Å². The van der Waals surface area contributed by atoms with Gasteiger partial charge in [0.1, 0.15) is 10.7 Å². The van der Waals surface area contributed by atoms with Crippen molar-refractivity contribution >= 4 is 15.7 Å². The maximum Gasteiger partial charge on any atom is 0.269 e. The van der Waals surface area contributed by atoms with E-state index in [1.54, 1.807) is 24.4 Å². The Morgan fingerprint density at radius 1 is 1.24 bits per heavy atom. The SMILES string of the molecule is Cc1cc(F)ccc1N(C)Cc1ccn(S(=O)(=O)c2cccnc2)c1. The monoisotopic (exact) mass is 359 g/mol. The molecule has 0 unspecified atom stereocenters. The minimum Gasteiger partial charge on any atom is -0.370 e. The molecular weight excluding hydrogens is 341 g/mol. The van der Waals surface area contributed by atoms with Crippen molar-refractivity contribution in [1.29, 1.82) is 0 Å². The van der Waals surface area contributed by atoms with Crippen molar-refractivity contribution in [2.24, 2.45) is 0 Å². The molecule has 2 heterocycles. The molecule has 0 saturated carbocycles. The van der Waals surface area contributed by atoms with Crippen LogP contribution in [0.3, 0.4) is 0 Å². The summed E-state index contributed by atoms with van der Waals surface area (Å²) in [6.07, 6.45) is 5.95. The van der Waals surface area contributed by atoms with Crippen LogP contribution < -0.4 is 4.90 Å². The lowest BCUT2D eigenvalue weighted by atomic mass is 10.1. The highest BCUT2D eigenvalue weighted by atomic mass is 32.2. The van der Waals surface area contributed by atoms with Crippen LogP contribution in [0.2, 0.25) is 0 Å². The standard InChI is InChI=1S/C18H18FN3O2S/c1-14-10-16(19)5-6-18(14)21(2)12-15-7-9-22(13-15)25(23,24)17-4-3-8-20-11-17/h3-11,13H,12H2,1-2H3. The maximum absolute atomic E-state index is 13.2. The third kappa shape index (κ3) is 3.56. The summed E-state index contributed by atoms with van der Waals surface area (Å²) in [6, 6.07) is 9.45. The first-order valence-corrected chi connectivity index (χ1v) is 9.12. The molecule has 0 fully saturated rings. The van der Waals surface area contributed by atoms with Crippen molar-refractivity contribution in [3.05, 3.63) is 78.1 Å². The largest absolute Gasteiger partial charge is 0.370 e. The molecule has 25 heavy (non-hydrogen) atoms. The highest BCUT2D eigenvalue weighted by Gasteiger charge is 2.17. The van der Waals surface area contributed by atoms with Gasteiger partial charge in [-0.25, -0.2) is 16.8 Å². The third-order valence-electron chi connectivity index (χ3n) is 3.93. The van der Waals surface area contributed by atoms with E-state index in [1.165, 1.54) is 40.8 Å². The number of rotatable bonds is 5. The fourth-order valence-corrected chi connectivity index (χ4v) is 3.87. The second-order valence-electron chi connectivity index (χ2n) is 5.83. The van der Waals surface area contributed by atoms with E-state index in [-0.39, 0.29) is 10.7 Å². The van der Waals surface area contributed by atoms with E-state index in [2.05, 4.69) is 4.98 Å². The average molecular weight is 359 g/mol. The number of anilines is 1. The second-order valence-corrected chi connectivity index (χ2v) is 7.67. The number of aromatic nitrogens is 2. The van der Waals surface area contributed by atoms with Gasteiger partial charge in [-0.1, -0.05) is 0 Å². The summed E-state index contributed by atoms with van der Waals surface area (Å²) in [7, 11) is -1.76. The van der Waals surface area contributed by atoms with Gasteiger partial charge in [0, 0.05) is 44.1 Å². The molecule has 7 heteroatoms. The molecule has 0 radical (unpaired) electrons. The van der Waals surface area contributed by atoms with Gasteiger partial charge in [-0.3, -0.25) is 4.98 Å². The zero-order valence-corrected chi connectivity index (χ0v) is 14.7. The minimum atomic E-state index is -3.65. The Kier molecular flexibility index (Phi) is 4.59. The molecule has 5 nitrogen and oxygen atoms in total. The van der Waals surface area contributed by atoms with Crippen molar-refractivity contribution < 1.29 is 12.8 Å². The smallest absolute Gasteiger partial charge is 0.269 e. The van der Waals surface area contributed by atoms with Gasteiger partial charge in [-0.2, -0.15) is 0 Å². The van der Waals surface area contributed by atoms with E-state index in [0.29, 0.717) is 6.54 Å². The molecule has 0 spiro atoms. The molecule has 3 aromatic rings. The highest BCUT2D eigenvalue weighted by molar-refractivity contribution is 7.90. The molecular formula is C18H18FN3O2S. The van der Waals surface area contributed by atoms with Crippen molar-refractivity contribution in [3.63, 3.8) is 0 Å². The van der Waals surface area contributed by atoms with Gasteiger partial charge in [0.15, 0.2) is 0 Å². The average Bonchev–Trinajstić information content (AvgIpc) is 3.05. The predicted octanol–water partition coefficient (Wildman–Crippen LogP) is 3.20. The van der Waals surface area contributed by atoms with E-state index in [0.717, 1.165) is 16.8 Å². The Morgan fingerprint density at radius 3 is 2.72 bits per heavy atom. The Labute approximate surface area is 146 Å². The first-order valence-electron chi connectivity index (χ1n) is 7.68. The molecule has 3 rings (SSSR count). The molecule has 2 aromatic heterocycles. The quantitative estimate of drug-likeness (QED) is 0.702. The maximum atomic E-state index is 13.2. The van der Waals surface area contributed by atoms with Gasteiger partial charge in [0.05, 0.1) is 0 Å². The number of hydrogen-bond acceptors (Lipinski definition) is 4. The topological polar surface area (TPSA) is 55.2 Å². The van der Waals surface area contributed by atoms with Gasteiger partial charge in [0.25, 0.3) is 10.0 Å². The van der Waals surface area contributed by atoms with Gasteiger partial charge in [0.2, 0.25) is 0 Å². The summed E-state index contributed by atoms with van der Waals surface area (Å²) in [5.41, 5.74) is 2.55. The third-order valence-corrected chi connectivity index (χ3v) is 5.55. The zero-order valence-electron chi connectivity index (χ0n) is 13.9. The van der Waals surface area contributed by atoms with E-state index in [1.807, 2.05) is 18.9 Å². The Morgan fingerprint density at radius 2 is 2.04 bits per heavy atom. The zero-order chi connectivity index (χ0) is 18.0. The van der Waals surface area contributed by atoms with E-state index in [4.69, 9.17) is 0 Å². The first-order chi connectivity index (χ1) is 11.9. The molecule has 1 aromatic carbocycles. The highest BCUT2D eigenvalue weighted by Crippen LogP contribution is 2.22. The number of benzene rings is 1. The molecule has 130 valence electrons. The van der Waals surface area contributed by atoms with Crippen molar-refractivity contribution in [2.45, 2.75) is 18.4 Å². The van der Waals surface area contributed by atoms with Crippen LogP contribution >= 0.6 is 0 Å². The van der Waals surface area contributed by atoms with E-state index in [9.17, 15) is 12.8 Å². The van der Waals surface area contributed by atoms with Crippen LogP contribution in [-0.2, 0) is 16.6 Å². The van der Waals surface area contributed by atoms with Crippen LogP contribution in [0, 0.1) is 12.7 Å². The molecule has 0 amide bonds. The summed E-state index contributed by atoms with van der Waals surface area (Å²) < 4.78 is 39.5. The molecule has 0 atom stereocenters. The predicted molar refractivity (Wildman–Crippen MR) is 94.5 cm³/mol. The summed E-state index contributed by atoms with van der Waals surface area (Å²) in [6.45, 7) is 2.34. The fourth-order valence-electron chi connectivity index (χ4n) is 2.69. The van der Waals surface area contributed by atoms with Gasteiger partial charge in [-0.15, -0.1) is 0 Å². The van der Waals surface area contributed by atoms with Crippen LogP contribution in [0.1, 0.15) is 11.1 Å². The summed E-state index contributed by atoms with van der Waals surface area (Å²) in [5.74, 6) is -0.275. The molecule has 0 aliphatic heterocycles. The van der Waals surface area contributed by atoms with E-state index < -0.39 is 10.0 Å². The van der Waals surface area contributed by atoms with Crippen molar-refractivity contribution in [1.82, 2.24) is 8.96 Å². The first kappa shape index (κ1) is 17.2. The number of halogens is 1. The van der Waals surface area contributed by atoms with Crippen LogP contribution in [0.25, 0.3) is 0 Å². The summed E-state index contributed by atoms with van der Waals surface area (Å²) in [5, 5.41) is 0. The van der Waals surface area contributed by atoms with Gasteiger partial charge < -0.3 is 4.90 Å². The lowest BCUT2D eigenvalue weighted by Crippen LogP contribution is -2.17. The van der Waals surface area contributed by atoms with Crippen LogP contribution in [-0.4, -0.2) is 24.4 Å². The second kappa shape index (κ2) is 6.68.